The van der Waals surface area contributed by atoms with E-state index < -0.39 is 0 Å². The van der Waals surface area contributed by atoms with E-state index in [2.05, 4.69) is 144 Å². The van der Waals surface area contributed by atoms with E-state index in [1.807, 2.05) is 16.7 Å². The largest absolute Gasteiger partial charge is 0.395 e. The number of aliphatic hydroxyl groups is 1. The molecule has 0 bridgehead atoms. The molecular formula is C39H39N7O. The molecule has 0 radical (unpaired) electrons. The number of nitrogens with one attached hydrogen (secondary N) is 2. The lowest BCUT2D eigenvalue weighted by atomic mass is 9.90. The molecule has 47 heavy (non-hydrogen) atoms. The Bertz CT molecular complexity index is 2090. The number of rotatable bonds is 11. The van der Waals surface area contributed by atoms with Gasteiger partial charge in [0, 0.05) is 42.3 Å². The first kappa shape index (κ1) is 31.5. The average molecular weight is 622 g/mol. The number of aliphatic hydroxyl groups excluding tert-OH is 1. The Labute approximate surface area is 275 Å². The Balaban J connectivity index is 1.30. The number of anilines is 2. The van der Waals surface area contributed by atoms with Gasteiger partial charge >= 0.3 is 0 Å². The fourth-order valence-electron chi connectivity index (χ4n) is 5.92. The van der Waals surface area contributed by atoms with E-state index in [0.717, 1.165) is 67.4 Å². The molecule has 0 unspecified atom stereocenters. The molecule has 3 aromatic carbocycles. The summed E-state index contributed by atoms with van der Waals surface area (Å²) in [6.07, 6.45) is 5.93. The summed E-state index contributed by atoms with van der Waals surface area (Å²) in [5.41, 5.74) is 13.6. The van der Waals surface area contributed by atoms with Gasteiger partial charge in [-0.3, -0.25) is 9.39 Å². The minimum atomic E-state index is 0.125. The fourth-order valence-corrected chi connectivity index (χ4v) is 5.92. The van der Waals surface area contributed by atoms with E-state index in [9.17, 15) is 0 Å². The van der Waals surface area contributed by atoms with Gasteiger partial charge in [0.2, 0.25) is 0 Å². The monoisotopic (exact) mass is 621 g/mol. The maximum absolute atomic E-state index is 9.00. The number of fused-ring (bicyclic) bond motifs is 1. The van der Waals surface area contributed by atoms with E-state index >= 15 is 0 Å². The fraction of sp³-hybridized carbons (Fsp3) is 0.179. The van der Waals surface area contributed by atoms with Gasteiger partial charge in [-0.05, 0) is 97.6 Å². The summed E-state index contributed by atoms with van der Waals surface area (Å²) in [5.74, 6) is 1.47. The van der Waals surface area contributed by atoms with Crippen molar-refractivity contribution in [2.45, 2.75) is 34.2 Å². The number of aromatic nitrogens is 4. The third-order valence-electron chi connectivity index (χ3n) is 8.32. The van der Waals surface area contributed by atoms with Crippen molar-refractivity contribution in [2.75, 3.05) is 18.5 Å². The Morgan fingerprint density at radius 3 is 2.38 bits per heavy atom. The molecule has 236 valence electrons. The average Bonchev–Trinajstić information content (AvgIpc) is 3.50. The third-order valence-corrected chi connectivity index (χ3v) is 8.32. The smallest absolute Gasteiger partial charge is 0.168 e. The van der Waals surface area contributed by atoms with Crippen LogP contribution in [0.15, 0.2) is 102 Å². The number of benzene rings is 3. The van der Waals surface area contributed by atoms with Gasteiger partial charge in [0.05, 0.1) is 6.61 Å². The molecule has 8 nitrogen and oxygen atoms in total. The van der Waals surface area contributed by atoms with Crippen LogP contribution < -0.4 is 10.6 Å². The summed E-state index contributed by atoms with van der Waals surface area (Å²) in [4.78, 5) is 8.90. The van der Waals surface area contributed by atoms with E-state index in [4.69, 9.17) is 5.11 Å². The normalized spacial score (nSPS) is 11.1. The summed E-state index contributed by atoms with van der Waals surface area (Å²) in [5, 5.41) is 24.8. The van der Waals surface area contributed by atoms with Crippen LogP contribution in [0.3, 0.4) is 0 Å². The third kappa shape index (κ3) is 6.60. The highest BCUT2D eigenvalue weighted by Crippen LogP contribution is 2.38. The van der Waals surface area contributed by atoms with E-state index in [-0.39, 0.29) is 6.61 Å². The Morgan fingerprint density at radius 1 is 0.894 bits per heavy atom. The van der Waals surface area contributed by atoms with Gasteiger partial charge in [0.25, 0.3) is 0 Å². The standard InChI is InChI=1S/C39H39N7O/c1-25(2)22-31-16-18-42-38(37(31)40-5)43-35-11-7-10-34(27(35)4)33-9-6-8-32(26(33)3)30-17-20-46-36(23-30)44-45-39(46)29-14-12-28(13-15-29)24-41-19-21-47/h6-18,20,22-23,41,47H,5,19,21,24H2,1-4H3,(H,42,43). The van der Waals surface area contributed by atoms with Crippen molar-refractivity contribution < 1.29 is 5.11 Å². The number of allylic oxidation sites excluding steroid dienone is 1. The van der Waals surface area contributed by atoms with Gasteiger partial charge in [0.1, 0.15) is 5.69 Å². The molecule has 0 saturated heterocycles. The predicted octanol–water partition coefficient (Wildman–Crippen LogP) is 8.32. The van der Waals surface area contributed by atoms with Crippen LogP contribution in [0.2, 0.25) is 0 Å². The Morgan fingerprint density at radius 2 is 1.64 bits per heavy atom. The number of hydrogen-bond donors (Lipinski definition) is 3. The van der Waals surface area contributed by atoms with Crippen molar-refractivity contribution in [2.24, 2.45) is 4.99 Å². The molecule has 0 saturated carbocycles. The summed E-state index contributed by atoms with van der Waals surface area (Å²) in [6.45, 7) is 13.6. The summed E-state index contributed by atoms with van der Waals surface area (Å²) in [6, 6.07) is 27.2. The van der Waals surface area contributed by atoms with Crippen molar-refractivity contribution in [1.29, 1.82) is 0 Å². The van der Waals surface area contributed by atoms with Crippen molar-refractivity contribution in [3.05, 3.63) is 119 Å². The molecule has 0 spiro atoms. The molecule has 0 fully saturated rings. The number of pyridine rings is 2. The lowest BCUT2D eigenvalue weighted by Crippen LogP contribution is -2.17. The first-order valence-corrected chi connectivity index (χ1v) is 15.7. The first-order valence-electron chi connectivity index (χ1n) is 15.7. The summed E-state index contributed by atoms with van der Waals surface area (Å²) < 4.78 is 2.02. The van der Waals surface area contributed by atoms with Crippen molar-refractivity contribution in [3.8, 4) is 33.6 Å². The van der Waals surface area contributed by atoms with E-state index in [1.54, 1.807) is 6.20 Å². The summed E-state index contributed by atoms with van der Waals surface area (Å²) in [7, 11) is 0. The van der Waals surface area contributed by atoms with Crippen LogP contribution in [0.4, 0.5) is 17.2 Å². The van der Waals surface area contributed by atoms with Crippen molar-refractivity contribution in [1.82, 2.24) is 24.9 Å². The molecule has 3 aromatic heterocycles. The van der Waals surface area contributed by atoms with Crippen molar-refractivity contribution in [3.63, 3.8) is 0 Å². The van der Waals surface area contributed by atoms with Gasteiger partial charge in [0.15, 0.2) is 17.3 Å². The zero-order valence-corrected chi connectivity index (χ0v) is 27.2. The van der Waals surface area contributed by atoms with Gasteiger partial charge in [-0.25, -0.2) is 4.98 Å². The van der Waals surface area contributed by atoms with Crippen LogP contribution >= 0.6 is 0 Å². The van der Waals surface area contributed by atoms with Gasteiger partial charge in [-0.15, -0.1) is 10.2 Å². The molecule has 3 heterocycles. The molecule has 0 aliphatic heterocycles. The Kier molecular flexibility index (Phi) is 9.33. The topological polar surface area (TPSA) is 99.7 Å². The van der Waals surface area contributed by atoms with Crippen LogP contribution in [-0.4, -0.2) is 44.6 Å². The van der Waals surface area contributed by atoms with Gasteiger partial charge < -0.3 is 15.7 Å². The molecule has 0 aliphatic rings. The number of nitrogens with zero attached hydrogens (tertiary/aromatic N) is 5. The number of hydrogen-bond acceptors (Lipinski definition) is 7. The predicted molar refractivity (Wildman–Crippen MR) is 194 cm³/mol. The minimum Gasteiger partial charge on any atom is -0.395 e. The lowest BCUT2D eigenvalue weighted by Gasteiger charge is -2.18. The van der Waals surface area contributed by atoms with Gasteiger partial charge in [-0.1, -0.05) is 66.2 Å². The van der Waals surface area contributed by atoms with E-state index in [1.165, 1.54) is 11.1 Å². The molecular weight excluding hydrogens is 582 g/mol. The maximum Gasteiger partial charge on any atom is 0.168 e. The lowest BCUT2D eigenvalue weighted by molar-refractivity contribution is 0.292. The second-order valence-electron chi connectivity index (χ2n) is 11.8. The van der Waals surface area contributed by atoms with Crippen LogP contribution in [-0.2, 0) is 6.54 Å². The molecule has 0 amide bonds. The second-order valence-corrected chi connectivity index (χ2v) is 11.8. The highest BCUT2D eigenvalue weighted by atomic mass is 16.3. The minimum absolute atomic E-state index is 0.125. The van der Waals surface area contributed by atoms with Crippen LogP contribution in [0.25, 0.3) is 45.4 Å². The second kappa shape index (κ2) is 13.9. The Hall–Kier alpha value is -5.44. The highest BCUT2D eigenvalue weighted by Gasteiger charge is 2.16. The van der Waals surface area contributed by atoms with Gasteiger partial charge in [-0.2, -0.15) is 0 Å². The molecule has 3 N–H and O–H groups in total. The molecule has 8 heteroatoms. The zero-order valence-electron chi connectivity index (χ0n) is 27.2. The van der Waals surface area contributed by atoms with Crippen LogP contribution in [0.5, 0.6) is 0 Å². The highest BCUT2D eigenvalue weighted by molar-refractivity contribution is 5.85. The SMILES string of the molecule is C=Nc1c(C=C(C)C)ccnc1Nc1cccc(-c2cccc(-c3ccn4c(-c5ccc(CNCCO)cc5)nnc4c3)c2C)c1C. The summed E-state index contributed by atoms with van der Waals surface area (Å²) >= 11 is 0. The number of aliphatic imine (C=N–C) groups is 1. The van der Waals surface area contributed by atoms with Crippen LogP contribution in [0.1, 0.15) is 36.1 Å². The quantitative estimate of drug-likeness (QED) is 0.0994. The molecule has 6 aromatic rings. The maximum atomic E-state index is 9.00. The molecule has 6 rings (SSSR count). The van der Waals surface area contributed by atoms with Crippen molar-refractivity contribution >= 4 is 35.6 Å². The molecule has 0 atom stereocenters. The zero-order chi connectivity index (χ0) is 32.9. The molecule has 0 aliphatic carbocycles. The first-order chi connectivity index (χ1) is 22.9. The van der Waals surface area contributed by atoms with Crippen LogP contribution in [0, 0.1) is 13.8 Å². The van der Waals surface area contributed by atoms with E-state index in [0.29, 0.717) is 18.9 Å².